The third-order valence-corrected chi connectivity index (χ3v) is 1.71. The summed E-state index contributed by atoms with van der Waals surface area (Å²) in [6.07, 6.45) is 1.94. The van der Waals surface area contributed by atoms with Crippen molar-refractivity contribution in [3.8, 4) is 0 Å². The average molecular weight is 139 g/mol. The molecule has 1 heterocycles. The lowest BCUT2D eigenvalue weighted by molar-refractivity contribution is 0.424. The van der Waals surface area contributed by atoms with Crippen molar-refractivity contribution in [3.05, 3.63) is 11.8 Å². The SMILES string of the molecule is CC1=CC(N)N(C)C(C)=N1. The Balaban J connectivity index is 2.85. The van der Waals surface area contributed by atoms with Crippen molar-refractivity contribution in [1.29, 1.82) is 0 Å². The highest BCUT2D eigenvalue weighted by Gasteiger charge is 2.12. The van der Waals surface area contributed by atoms with Crippen LogP contribution in [0.3, 0.4) is 0 Å². The highest BCUT2D eigenvalue weighted by atomic mass is 15.2. The second-order valence-electron chi connectivity index (χ2n) is 2.57. The highest BCUT2D eigenvalue weighted by molar-refractivity contribution is 5.81. The molecule has 3 heteroatoms. The van der Waals surface area contributed by atoms with Crippen molar-refractivity contribution in [2.24, 2.45) is 10.7 Å². The number of hydrogen-bond donors (Lipinski definition) is 1. The van der Waals surface area contributed by atoms with Gasteiger partial charge in [-0.2, -0.15) is 0 Å². The van der Waals surface area contributed by atoms with Crippen LogP contribution in [0.5, 0.6) is 0 Å². The fraction of sp³-hybridized carbons (Fsp3) is 0.571. The quantitative estimate of drug-likeness (QED) is 0.532. The molecule has 0 spiro atoms. The number of aliphatic imine (C=N–C) groups is 1. The van der Waals surface area contributed by atoms with Gasteiger partial charge < -0.3 is 10.6 Å². The van der Waals surface area contributed by atoms with Gasteiger partial charge in [0.15, 0.2) is 0 Å². The number of rotatable bonds is 0. The first kappa shape index (κ1) is 7.28. The molecule has 1 unspecified atom stereocenters. The third-order valence-electron chi connectivity index (χ3n) is 1.71. The lowest BCUT2D eigenvalue weighted by Crippen LogP contribution is -2.42. The van der Waals surface area contributed by atoms with Crippen LogP contribution in [-0.2, 0) is 0 Å². The zero-order chi connectivity index (χ0) is 7.72. The lowest BCUT2D eigenvalue weighted by Gasteiger charge is -2.27. The number of amidine groups is 1. The summed E-state index contributed by atoms with van der Waals surface area (Å²) in [4.78, 5) is 6.18. The van der Waals surface area contributed by atoms with E-state index in [2.05, 4.69) is 4.99 Å². The molecular formula is C7H13N3. The molecule has 0 aromatic heterocycles. The molecule has 1 aliphatic rings. The van der Waals surface area contributed by atoms with Gasteiger partial charge in [0.1, 0.15) is 5.84 Å². The van der Waals surface area contributed by atoms with Crippen LogP contribution in [0.4, 0.5) is 0 Å². The Morgan fingerprint density at radius 1 is 1.60 bits per heavy atom. The van der Waals surface area contributed by atoms with Crippen molar-refractivity contribution in [3.63, 3.8) is 0 Å². The van der Waals surface area contributed by atoms with Crippen LogP contribution in [0.25, 0.3) is 0 Å². The molecule has 0 aliphatic carbocycles. The average Bonchev–Trinajstić information content (AvgIpc) is 1.82. The maximum Gasteiger partial charge on any atom is 0.102 e. The Labute approximate surface area is 61.2 Å². The van der Waals surface area contributed by atoms with Crippen molar-refractivity contribution >= 4 is 5.84 Å². The second-order valence-corrected chi connectivity index (χ2v) is 2.57. The van der Waals surface area contributed by atoms with E-state index in [4.69, 9.17) is 5.73 Å². The molecule has 56 valence electrons. The number of allylic oxidation sites excluding steroid dienone is 1. The number of hydrogen-bond acceptors (Lipinski definition) is 3. The topological polar surface area (TPSA) is 41.6 Å². The molecule has 3 nitrogen and oxygen atoms in total. The van der Waals surface area contributed by atoms with E-state index in [-0.39, 0.29) is 6.17 Å². The van der Waals surface area contributed by atoms with Gasteiger partial charge in [-0.1, -0.05) is 0 Å². The highest BCUT2D eigenvalue weighted by Crippen LogP contribution is 2.07. The van der Waals surface area contributed by atoms with Crippen LogP contribution in [0.1, 0.15) is 13.8 Å². The van der Waals surface area contributed by atoms with Gasteiger partial charge in [0, 0.05) is 12.7 Å². The Morgan fingerprint density at radius 3 is 2.70 bits per heavy atom. The van der Waals surface area contributed by atoms with Gasteiger partial charge in [-0.3, -0.25) is 0 Å². The lowest BCUT2D eigenvalue weighted by atomic mass is 10.3. The van der Waals surface area contributed by atoms with Gasteiger partial charge in [-0.05, 0) is 19.9 Å². The predicted molar refractivity (Wildman–Crippen MR) is 42.6 cm³/mol. The summed E-state index contributed by atoms with van der Waals surface area (Å²) >= 11 is 0. The molecule has 0 bridgehead atoms. The van der Waals surface area contributed by atoms with Gasteiger partial charge in [-0.25, -0.2) is 4.99 Å². The van der Waals surface area contributed by atoms with Crippen molar-refractivity contribution < 1.29 is 0 Å². The molecule has 0 radical (unpaired) electrons. The van der Waals surface area contributed by atoms with Crippen LogP contribution < -0.4 is 5.73 Å². The van der Waals surface area contributed by atoms with Gasteiger partial charge >= 0.3 is 0 Å². The van der Waals surface area contributed by atoms with Crippen molar-refractivity contribution in [1.82, 2.24) is 4.90 Å². The van der Waals surface area contributed by atoms with Crippen LogP contribution in [-0.4, -0.2) is 23.9 Å². The fourth-order valence-electron chi connectivity index (χ4n) is 0.946. The van der Waals surface area contributed by atoms with Crippen LogP contribution in [0.15, 0.2) is 16.8 Å². The fourth-order valence-corrected chi connectivity index (χ4v) is 0.946. The molecule has 0 fully saturated rings. The summed E-state index contributed by atoms with van der Waals surface area (Å²) in [5.41, 5.74) is 6.73. The summed E-state index contributed by atoms with van der Waals surface area (Å²) in [5.74, 6) is 0.979. The van der Waals surface area contributed by atoms with E-state index >= 15 is 0 Å². The molecule has 0 aromatic carbocycles. The number of nitrogens with two attached hydrogens (primary N) is 1. The van der Waals surface area contributed by atoms with Crippen molar-refractivity contribution in [2.45, 2.75) is 20.0 Å². The minimum absolute atomic E-state index is 0.00231. The molecule has 0 saturated heterocycles. The van der Waals surface area contributed by atoms with E-state index < -0.39 is 0 Å². The van der Waals surface area contributed by atoms with Crippen LogP contribution in [0, 0.1) is 0 Å². The standard InChI is InChI=1S/C7H13N3/c1-5-4-7(8)10(3)6(2)9-5/h4,7H,8H2,1-3H3. The molecule has 0 saturated carbocycles. The summed E-state index contributed by atoms with van der Waals surface area (Å²) < 4.78 is 0. The first-order chi connectivity index (χ1) is 4.61. The molecule has 1 rings (SSSR count). The number of likely N-dealkylation sites (N-methyl/N-ethyl adjacent to an activating group) is 1. The number of nitrogens with zero attached hydrogens (tertiary/aromatic N) is 2. The first-order valence-corrected chi connectivity index (χ1v) is 3.33. The van der Waals surface area contributed by atoms with Gasteiger partial charge in [0.25, 0.3) is 0 Å². The zero-order valence-electron chi connectivity index (χ0n) is 6.63. The minimum Gasteiger partial charge on any atom is -0.344 e. The van der Waals surface area contributed by atoms with E-state index in [9.17, 15) is 0 Å². The summed E-state index contributed by atoms with van der Waals surface area (Å²) in [6, 6.07) is 0. The Hall–Kier alpha value is -0.830. The van der Waals surface area contributed by atoms with E-state index in [0.29, 0.717) is 0 Å². The molecule has 2 N–H and O–H groups in total. The van der Waals surface area contributed by atoms with Crippen LogP contribution >= 0.6 is 0 Å². The van der Waals surface area contributed by atoms with Crippen LogP contribution in [0.2, 0.25) is 0 Å². The normalized spacial score (nSPS) is 26.0. The van der Waals surface area contributed by atoms with Gasteiger partial charge in [0.2, 0.25) is 0 Å². The first-order valence-electron chi connectivity index (χ1n) is 3.33. The Kier molecular flexibility index (Phi) is 1.76. The second kappa shape index (κ2) is 2.42. The Bertz CT molecular complexity index is 193. The van der Waals surface area contributed by atoms with E-state index in [1.54, 1.807) is 0 Å². The zero-order valence-corrected chi connectivity index (χ0v) is 6.63. The minimum atomic E-state index is -0.00231. The van der Waals surface area contributed by atoms with Gasteiger partial charge in [0.05, 0.1) is 6.17 Å². The van der Waals surface area contributed by atoms with E-state index in [0.717, 1.165) is 11.5 Å². The molecule has 10 heavy (non-hydrogen) atoms. The largest absolute Gasteiger partial charge is 0.344 e. The van der Waals surface area contributed by atoms with Crippen molar-refractivity contribution in [2.75, 3.05) is 7.05 Å². The molecular weight excluding hydrogens is 126 g/mol. The molecule has 1 aliphatic heterocycles. The Morgan fingerprint density at radius 2 is 2.20 bits per heavy atom. The molecule has 0 amide bonds. The summed E-state index contributed by atoms with van der Waals surface area (Å²) in [6.45, 7) is 3.91. The third kappa shape index (κ3) is 1.19. The summed E-state index contributed by atoms with van der Waals surface area (Å²) in [7, 11) is 1.94. The molecule has 0 aromatic rings. The maximum atomic E-state index is 5.73. The monoisotopic (exact) mass is 139 g/mol. The maximum absolute atomic E-state index is 5.73. The van der Waals surface area contributed by atoms with E-state index in [1.165, 1.54) is 0 Å². The molecule has 1 atom stereocenters. The van der Waals surface area contributed by atoms with Gasteiger partial charge in [-0.15, -0.1) is 0 Å². The van der Waals surface area contributed by atoms with E-state index in [1.807, 2.05) is 31.9 Å². The predicted octanol–water partition coefficient (Wildman–Crippen LogP) is 0.539. The smallest absolute Gasteiger partial charge is 0.102 e. The summed E-state index contributed by atoms with van der Waals surface area (Å²) in [5, 5.41) is 0.